The number of benzene rings is 1. The minimum absolute atomic E-state index is 0.103. The lowest BCUT2D eigenvalue weighted by molar-refractivity contribution is -0.386. The molecule has 0 aliphatic heterocycles. The van der Waals surface area contributed by atoms with E-state index in [2.05, 4.69) is 42.9 Å². The molecule has 1 rings (SSSR count). The van der Waals surface area contributed by atoms with E-state index < -0.39 is 8.80 Å². The summed E-state index contributed by atoms with van der Waals surface area (Å²) in [6.45, 7) is 9.72. The Bertz CT molecular complexity index is 463. The SMILES string of the molecule is C[Si](C)C(C)(C)COCc1c(Br)cccc1[N+](=O)[O-]. The summed E-state index contributed by atoms with van der Waals surface area (Å²) in [5, 5.41) is 11.1. The smallest absolute Gasteiger partial charge is 0.276 e. The molecule has 1 aromatic carbocycles. The Morgan fingerprint density at radius 2 is 2.05 bits per heavy atom. The van der Waals surface area contributed by atoms with Gasteiger partial charge in [0.2, 0.25) is 0 Å². The van der Waals surface area contributed by atoms with Crippen LogP contribution >= 0.6 is 15.9 Å². The first-order chi connectivity index (χ1) is 8.75. The Balaban J connectivity index is 2.76. The zero-order valence-electron chi connectivity index (χ0n) is 11.7. The van der Waals surface area contributed by atoms with Crippen molar-refractivity contribution >= 4 is 30.4 Å². The highest BCUT2D eigenvalue weighted by molar-refractivity contribution is 9.10. The molecule has 0 unspecified atom stereocenters. The Labute approximate surface area is 124 Å². The molecule has 6 heteroatoms. The van der Waals surface area contributed by atoms with E-state index in [0.29, 0.717) is 12.2 Å². The summed E-state index contributed by atoms with van der Waals surface area (Å²) in [4.78, 5) is 10.6. The third kappa shape index (κ3) is 4.40. The van der Waals surface area contributed by atoms with E-state index in [1.54, 1.807) is 12.1 Å². The molecule has 105 valence electrons. The monoisotopic (exact) mass is 344 g/mol. The number of hydrogen-bond donors (Lipinski definition) is 0. The molecule has 0 saturated heterocycles. The fourth-order valence-corrected chi connectivity index (χ4v) is 2.27. The molecule has 0 amide bonds. The molecular weight excluding hydrogens is 326 g/mol. The van der Waals surface area contributed by atoms with Gasteiger partial charge >= 0.3 is 0 Å². The molecule has 0 atom stereocenters. The van der Waals surface area contributed by atoms with Crippen LogP contribution in [0.2, 0.25) is 18.1 Å². The molecule has 1 radical (unpaired) electrons. The topological polar surface area (TPSA) is 52.4 Å². The van der Waals surface area contributed by atoms with Gasteiger partial charge in [-0.25, -0.2) is 0 Å². The highest BCUT2D eigenvalue weighted by atomic mass is 79.9. The maximum Gasteiger partial charge on any atom is 0.276 e. The van der Waals surface area contributed by atoms with Crippen LogP contribution in [0, 0.1) is 10.1 Å². The van der Waals surface area contributed by atoms with Crippen molar-refractivity contribution in [3.63, 3.8) is 0 Å². The molecule has 4 nitrogen and oxygen atoms in total. The minimum atomic E-state index is -0.471. The van der Waals surface area contributed by atoms with E-state index in [-0.39, 0.29) is 22.3 Å². The first-order valence-corrected chi connectivity index (χ1v) is 9.35. The number of ether oxygens (including phenoxy) is 1. The number of halogens is 1. The average Bonchev–Trinajstić information content (AvgIpc) is 2.30. The molecule has 0 aliphatic carbocycles. The summed E-state index contributed by atoms with van der Waals surface area (Å²) >= 11 is 3.35. The molecular formula is C13H19BrNO3Si. The number of nitrogens with zero attached hydrogens (tertiary/aromatic N) is 1. The molecule has 0 N–H and O–H groups in total. The van der Waals surface area contributed by atoms with E-state index >= 15 is 0 Å². The molecule has 0 saturated carbocycles. The van der Waals surface area contributed by atoms with Crippen molar-refractivity contribution in [3.05, 3.63) is 38.3 Å². The van der Waals surface area contributed by atoms with Crippen LogP contribution in [0.3, 0.4) is 0 Å². The van der Waals surface area contributed by atoms with Gasteiger partial charge in [-0.05, 0) is 11.1 Å². The Morgan fingerprint density at radius 3 is 2.58 bits per heavy atom. The molecule has 0 aliphatic rings. The van der Waals surface area contributed by atoms with Gasteiger partial charge in [0.15, 0.2) is 0 Å². The minimum Gasteiger partial charge on any atom is -0.376 e. The molecule has 0 spiro atoms. The van der Waals surface area contributed by atoms with Gasteiger partial charge < -0.3 is 4.74 Å². The third-order valence-electron chi connectivity index (χ3n) is 3.35. The molecule has 0 fully saturated rings. The lowest BCUT2D eigenvalue weighted by atomic mass is 10.2. The fraction of sp³-hybridized carbons (Fsp3) is 0.538. The largest absolute Gasteiger partial charge is 0.376 e. The zero-order chi connectivity index (χ0) is 14.6. The van der Waals surface area contributed by atoms with Gasteiger partial charge in [-0.15, -0.1) is 0 Å². The van der Waals surface area contributed by atoms with E-state index in [0.717, 1.165) is 4.47 Å². The van der Waals surface area contributed by atoms with Gasteiger partial charge in [0, 0.05) is 17.1 Å². The quantitative estimate of drug-likeness (QED) is 0.436. The van der Waals surface area contributed by atoms with Crippen LogP contribution in [0.1, 0.15) is 19.4 Å². The molecule has 0 bridgehead atoms. The summed E-state index contributed by atoms with van der Waals surface area (Å²) in [6.07, 6.45) is 0. The predicted molar refractivity (Wildman–Crippen MR) is 82.0 cm³/mol. The normalized spacial score (nSPS) is 11.9. The van der Waals surface area contributed by atoms with Gasteiger partial charge in [-0.3, -0.25) is 10.1 Å². The first-order valence-electron chi connectivity index (χ1n) is 6.06. The van der Waals surface area contributed by atoms with Crippen LogP contribution < -0.4 is 0 Å². The zero-order valence-corrected chi connectivity index (χ0v) is 14.3. The van der Waals surface area contributed by atoms with Crippen molar-refractivity contribution in [1.82, 2.24) is 0 Å². The summed E-state index contributed by atoms with van der Waals surface area (Å²) in [5.41, 5.74) is 0.704. The van der Waals surface area contributed by atoms with Gasteiger partial charge in [0.05, 0.1) is 25.9 Å². The highest BCUT2D eigenvalue weighted by Crippen LogP contribution is 2.31. The van der Waals surface area contributed by atoms with Gasteiger partial charge in [-0.2, -0.15) is 0 Å². The number of hydrogen-bond acceptors (Lipinski definition) is 3. The van der Waals surface area contributed by atoms with Crippen molar-refractivity contribution in [2.45, 2.75) is 38.6 Å². The van der Waals surface area contributed by atoms with Gasteiger partial charge in [0.1, 0.15) is 0 Å². The van der Waals surface area contributed by atoms with E-state index in [1.807, 2.05) is 0 Å². The maximum atomic E-state index is 11.0. The van der Waals surface area contributed by atoms with Crippen LogP contribution in [-0.2, 0) is 11.3 Å². The van der Waals surface area contributed by atoms with Crippen molar-refractivity contribution in [1.29, 1.82) is 0 Å². The van der Waals surface area contributed by atoms with Crippen molar-refractivity contribution in [2.75, 3.05) is 6.61 Å². The second-order valence-corrected chi connectivity index (χ2v) is 9.58. The highest BCUT2D eigenvalue weighted by Gasteiger charge is 2.24. The molecule has 1 aromatic rings. The van der Waals surface area contributed by atoms with Crippen molar-refractivity contribution in [3.8, 4) is 0 Å². The second-order valence-electron chi connectivity index (χ2n) is 5.37. The summed E-state index contributed by atoms with van der Waals surface area (Å²) in [5.74, 6) is 0. The van der Waals surface area contributed by atoms with Crippen molar-refractivity contribution in [2.24, 2.45) is 0 Å². The Hall–Kier alpha value is -0.723. The van der Waals surface area contributed by atoms with Crippen molar-refractivity contribution < 1.29 is 9.66 Å². The second kappa shape index (κ2) is 6.63. The Kier molecular flexibility index (Phi) is 5.70. The summed E-state index contributed by atoms with van der Waals surface area (Å²) < 4.78 is 6.43. The van der Waals surface area contributed by atoms with Crippen LogP contribution in [0.4, 0.5) is 5.69 Å². The maximum absolute atomic E-state index is 11.0. The lowest BCUT2D eigenvalue weighted by Crippen LogP contribution is -2.26. The molecule has 0 aromatic heterocycles. The standard InChI is InChI=1S/C13H19BrNO3Si/c1-13(2,19(3)4)9-18-8-10-11(14)6-5-7-12(10)15(16)17/h5-7H,8-9H2,1-4H3. The van der Waals surface area contributed by atoms with Crippen LogP contribution in [0.15, 0.2) is 22.7 Å². The number of rotatable bonds is 6. The van der Waals surface area contributed by atoms with Gasteiger partial charge in [-0.1, -0.05) is 48.9 Å². The summed E-state index contributed by atoms with van der Waals surface area (Å²) in [7, 11) is -0.471. The molecule has 19 heavy (non-hydrogen) atoms. The van der Waals surface area contributed by atoms with Crippen LogP contribution in [0.5, 0.6) is 0 Å². The van der Waals surface area contributed by atoms with Crippen LogP contribution in [-0.4, -0.2) is 20.3 Å². The van der Waals surface area contributed by atoms with Crippen LogP contribution in [0.25, 0.3) is 0 Å². The van der Waals surface area contributed by atoms with E-state index in [9.17, 15) is 10.1 Å². The van der Waals surface area contributed by atoms with Gasteiger partial charge in [0.25, 0.3) is 5.69 Å². The third-order valence-corrected chi connectivity index (χ3v) is 6.95. The first kappa shape index (κ1) is 16.3. The van der Waals surface area contributed by atoms with E-state index in [1.165, 1.54) is 6.07 Å². The summed E-state index contributed by atoms with van der Waals surface area (Å²) in [6, 6.07) is 4.96. The average molecular weight is 345 g/mol. The molecule has 0 heterocycles. The lowest BCUT2D eigenvalue weighted by Gasteiger charge is -2.27. The Morgan fingerprint density at radius 1 is 1.42 bits per heavy atom. The van der Waals surface area contributed by atoms with E-state index in [4.69, 9.17) is 4.74 Å². The number of nitro benzene ring substituents is 1. The number of nitro groups is 1. The predicted octanol–water partition coefficient (Wildman–Crippen LogP) is 4.41. The fourth-order valence-electron chi connectivity index (χ4n) is 1.41.